The number of nitrogens with zero attached hydrogens (tertiary/aromatic N) is 1. The molecule has 0 saturated carbocycles. The number of ether oxygens (including phenoxy) is 2. The summed E-state index contributed by atoms with van der Waals surface area (Å²) in [7, 11) is -4.52. The Balaban J connectivity index is 4.51. The zero-order chi connectivity index (χ0) is 35.6. The van der Waals surface area contributed by atoms with E-state index >= 15 is 0 Å². The maximum atomic E-state index is 12.6. The fraction of sp³-hybridized carbons (Fsp3) is 0.917. The monoisotopic (exact) mass is 722 g/mol. The number of phosphoric ester groups is 1. The molecule has 10 nitrogen and oxygen atoms in total. The van der Waals surface area contributed by atoms with E-state index in [0.29, 0.717) is 12.2 Å². The molecule has 0 heterocycles. The molecule has 0 fully saturated rings. The largest absolute Gasteiger partial charge is 0.862 e. The Morgan fingerprint density at radius 1 is 0.667 bits per heavy atom. The Morgan fingerprint density at radius 2 is 1.10 bits per heavy atom. The normalized spacial score (nSPS) is 13.7. The first kappa shape index (κ1) is 46.9. The molecule has 0 bridgehead atoms. The van der Waals surface area contributed by atoms with Crippen LogP contribution in [0.1, 0.15) is 174 Å². The minimum Gasteiger partial charge on any atom is -0.862 e. The highest BCUT2D eigenvalue weighted by molar-refractivity contribution is 7.80. The molecule has 0 rings (SSSR count). The Morgan fingerprint density at radius 3 is 1.56 bits per heavy atom. The van der Waals surface area contributed by atoms with Crippen molar-refractivity contribution in [3.05, 3.63) is 0 Å². The van der Waals surface area contributed by atoms with Gasteiger partial charge in [0.05, 0.1) is 19.8 Å². The number of aliphatic imine (C=N–C) groups is 1. The quantitative estimate of drug-likeness (QED) is 0.0162. The molecule has 0 spiro atoms. The Hall–Kier alpha value is -1.13. The van der Waals surface area contributed by atoms with Crippen LogP contribution in [-0.2, 0) is 32.7 Å². The first-order valence-corrected chi connectivity index (χ1v) is 21.1. The molecule has 48 heavy (non-hydrogen) atoms. The van der Waals surface area contributed by atoms with Crippen LogP contribution < -0.4 is 5.11 Å². The van der Waals surface area contributed by atoms with Crippen molar-refractivity contribution in [3.63, 3.8) is 0 Å². The summed E-state index contributed by atoms with van der Waals surface area (Å²) in [6, 6.07) is 0. The fourth-order valence-corrected chi connectivity index (χ4v) is 6.13. The summed E-state index contributed by atoms with van der Waals surface area (Å²) in [6.45, 7) is 3.27. The van der Waals surface area contributed by atoms with Gasteiger partial charge in [-0.2, -0.15) is 12.6 Å². The Labute approximate surface area is 297 Å². The molecule has 0 aromatic carbocycles. The third-order valence-electron chi connectivity index (χ3n) is 8.08. The van der Waals surface area contributed by atoms with Crippen molar-refractivity contribution in [2.24, 2.45) is 4.99 Å². The second-order valence-electron chi connectivity index (χ2n) is 12.7. The molecule has 12 heteroatoms. The van der Waals surface area contributed by atoms with Gasteiger partial charge in [-0.25, -0.2) is 4.57 Å². The molecular formula is C36H69NO9PS-. The van der Waals surface area contributed by atoms with E-state index in [1.807, 2.05) is 0 Å². The maximum Gasteiger partial charge on any atom is 0.472 e. The van der Waals surface area contributed by atoms with Gasteiger partial charge in [0.25, 0.3) is 0 Å². The summed E-state index contributed by atoms with van der Waals surface area (Å²) < 4.78 is 33.1. The van der Waals surface area contributed by atoms with Gasteiger partial charge in [0, 0.05) is 12.8 Å². The van der Waals surface area contributed by atoms with Crippen LogP contribution in [0.15, 0.2) is 4.99 Å². The molecular weight excluding hydrogens is 653 g/mol. The van der Waals surface area contributed by atoms with Crippen molar-refractivity contribution in [1.29, 1.82) is 0 Å². The molecule has 0 aromatic heterocycles. The zero-order valence-electron chi connectivity index (χ0n) is 30.3. The number of thiol groups is 1. The van der Waals surface area contributed by atoms with Crippen molar-refractivity contribution in [2.75, 3.05) is 32.1 Å². The van der Waals surface area contributed by atoms with Crippen LogP contribution >= 0.6 is 20.5 Å². The summed E-state index contributed by atoms with van der Waals surface area (Å²) in [4.78, 5) is 38.7. The average Bonchev–Trinajstić information content (AvgIpc) is 3.06. The second kappa shape index (κ2) is 34.3. The van der Waals surface area contributed by atoms with Crippen LogP contribution in [0, 0.1) is 0 Å². The molecule has 2 atom stereocenters. The summed E-state index contributed by atoms with van der Waals surface area (Å²) in [5.41, 5.74) is 0. The standard InChI is InChI=1S/C36H70NO9PS/c1-3-5-7-9-11-13-15-17-19-21-23-25-35(39)43-31-33(32-45-47(41,42)44-29-28-37-34(38)27-30-48)46-36(40)26-24-22-20-18-16-14-12-10-8-6-4-2/h33,48H,3-32H2,1-2H3,(H,37,38)(H,41,42)/p-1. The predicted octanol–water partition coefficient (Wildman–Crippen LogP) is 9.06. The van der Waals surface area contributed by atoms with Gasteiger partial charge in [-0.3, -0.25) is 18.6 Å². The van der Waals surface area contributed by atoms with E-state index in [4.69, 9.17) is 18.5 Å². The van der Waals surface area contributed by atoms with E-state index in [1.54, 1.807) is 0 Å². The summed E-state index contributed by atoms with van der Waals surface area (Å²) in [5.74, 6) is -0.903. The van der Waals surface area contributed by atoms with E-state index < -0.39 is 32.5 Å². The van der Waals surface area contributed by atoms with Crippen LogP contribution in [0.3, 0.4) is 0 Å². The number of rotatable bonds is 36. The molecule has 0 aromatic rings. The zero-order valence-corrected chi connectivity index (χ0v) is 32.1. The minimum absolute atomic E-state index is 0.103. The molecule has 1 N–H and O–H groups in total. The molecule has 284 valence electrons. The van der Waals surface area contributed by atoms with E-state index in [-0.39, 0.29) is 44.9 Å². The number of hydrogen-bond acceptors (Lipinski definition) is 10. The van der Waals surface area contributed by atoms with Gasteiger partial charge in [-0.15, -0.1) is 0 Å². The second-order valence-corrected chi connectivity index (χ2v) is 14.6. The molecule has 0 radical (unpaired) electrons. The number of carbonyl (C=O) groups is 2. The number of phosphoric acid groups is 1. The van der Waals surface area contributed by atoms with Crippen LogP contribution in [0.5, 0.6) is 0 Å². The van der Waals surface area contributed by atoms with Gasteiger partial charge >= 0.3 is 19.8 Å². The SMILES string of the molecule is CCCCCCCCCCCCCC(=O)OCC(COP(=O)(O)OCCN=C([O-])CCS)OC(=O)CCCCCCCCCCCCC. The Bertz CT molecular complexity index is 846. The highest BCUT2D eigenvalue weighted by Gasteiger charge is 2.26. The van der Waals surface area contributed by atoms with Gasteiger partial charge in [-0.05, 0) is 30.9 Å². The lowest BCUT2D eigenvalue weighted by Gasteiger charge is -2.20. The van der Waals surface area contributed by atoms with Crippen molar-refractivity contribution in [1.82, 2.24) is 0 Å². The van der Waals surface area contributed by atoms with Gasteiger partial charge in [-0.1, -0.05) is 142 Å². The Kier molecular flexibility index (Phi) is 33.5. The van der Waals surface area contributed by atoms with Crippen molar-refractivity contribution in [3.8, 4) is 0 Å². The van der Waals surface area contributed by atoms with Crippen LogP contribution in [-0.4, -0.2) is 61.0 Å². The highest BCUT2D eigenvalue weighted by Crippen LogP contribution is 2.43. The number of esters is 2. The van der Waals surface area contributed by atoms with E-state index in [1.165, 1.54) is 96.3 Å². The summed E-state index contributed by atoms with van der Waals surface area (Å²) >= 11 is 3.96. The molecule has 2 unspecified atom stereocenters. The van der Waals surface area contributed by atoms with Gasteiger partial charge < -0.3 is 24.5 Å². The summed E-state index contributed by atoms with van der Waals surface area (Å²) in [6.07, 6.45) is 25.3. The predicted molar refractivity (Wildman–Crippen MR) is 195 cm³/mol. The van der Waals surface area contributed by atoms with Crippen LogP contribution in [0.25, 0.3) is 0 Å². The van der Waals surface area contributed by atoms with Crippen molar-refractivity contribution in [2.45, 2.75) is 180 Å². The molecule has 0 aliphatic carbocycles. The summed E-state index contributed by atoms with van der Waals surface area (Å²) in [5, 5.41) is 11.5. The van der Waals surface area contributed by atoms with E-state index in [9.17, 15) is 24.2 Å². The van der Waals surface area contributed by atoms with E-state index in [2.05, 4.69) is 31.5 Å². The first-order chi connectivity index (χ1) is 23.2. The van der Waals surface area contributed by atoms with Gasteiger partial charge in [0.2, 0.25) is 0 Å². The van der Waals surface area contributed by atoms with Crippen molar-refractivity contribution >= 4 is 38.3 Å². The van der Waals surface area contributed by atoms with Gasteiger partial charge in [0.15, 0.2) is 6.10 Å². The van der Waals surface area contributed by atoms with Crippen molar-refractivity contribution < 1.29 is 42.7 Å². The third-order valence-corrected chi connectivity index (χ3v) is 9.29. The molecule has 0 aliphatic heterocycles. The minimum atomic E-state index is -4.52. The number of unbranched alkanes of at least 4 members (excludes halogenated alkanes) is 20. The molecule has 0 saturated heterocycles. The molecule has 0 amide bonds. The number of hydrogen-bond donors (Lipinski definition) is 2. The fourth-order valence-electron chi connectivity index (χ4n) is 5.20. The lowest BCUT2D eigenvalue weighted by Crippen LogP contribution is -2.29. The lowest BCUT2D eigenvalue weighted by molar-refractivity contribution is -0.218. The van der Waals surface area contributed by atoms with Crippen LogP contribution in [0.2, 0.25) is 0 Å². The van der Waals surface area contributed by atoms with Crippen LogP contribution in [0.4, 0.5) is 0 Å². The van der Waals surface area contributed by atoms with Gasteiger partial charge in [0.1, 0.15) is 6.61 Å². The molecule has 0 aliphatic rings. The average molecular weight is 723 g/mol. The third kappa shape index (κ3) is 33.4. The van der Waals surface area contributed by atoms with E-state index in [0.717, 1.165) is 38.5 Å². The topological polar surface area (TPSA) is 144 Å². The first-order valence-electron chi connectivity index (χ1n) is 19.0. The highest BCUT2D eigenvalue weighted by atomic mass is 32.1. The lowest BCUT2D eigenvalue weighted by atomic mass is 10.1. The maximum absolute atomic E-state index is 12.6. The smallest absolute Gasteiger partial charge is 0.472 e. The number of carbonyl (C=O) groups excluding carboxylic acids is 2.